The number of carbonyl (C=O) groups excluding carboxylic acids is 1. The smallest absolute Gasteiger partial charge is 0.253 e. The quantitative estimate of drug-likeness (QED) is 0.383. The molecule has 6 rings (SSSR count). The van der Waals surface area contributed by atoms with E-state index in [1.54, 1.807) is 28.8 Å². The summed E-state index contributed by atoms with van der Waals surface area (Å²) in [5.41, 5.74) is 2.74. The number of hydrogen-bond acceptors (Lipinski definition) is 6. The van der Waals surface area contributed by atoms with Gasteiger partial charge in [-0.15, -0.1) is 10.2 Å². The Kier molecular flexibility index (Phi) is 5.63. The summed E-state index contributed by atoms with van der Waals surface area (Å²) in [6.45, 7) is 1.88. The minimum absolute atomic E-state index is 0.0441. The van der Waals surface area contributed by atoms with Crippen molar-refractivity contribution >= 4 is 16.9 Å². The van der Waals surface area contributed by atoms with Crippen LogP contribution in [0.1, 0.15) is 40.6 Å². The lowest BCUT2D eigenvalue weighted by molar-refractivity contribution is 0.0908. The van der Waals surface area contributed by atoms with Crippen LogP contribution in [0.25, 0.3) is 28.2 Å². The molecule has 0 spiro atoms. The third-order valence-corrected chi connectivity index (χ3v) is 6.53. The Bertz CT molecular complexity index is 1650. The van der Waals surface area contributed by atoms with Gasteiger partial charge in [-0.3, -0.25) is 19.3 Å². The summed E-state index contributed by atoms with van der Waals surface area (Å²) in [5.74, 6) is -0.195. The van der Waals surface area contributed by atoms with Gasteiger partial charge in [0.2, 0.25) is 0 Å². The fourth-order valence-corrected chi connectivity index (χ4v) is 4.66. The Balaban J connectivity index is 1.26. The largest absolute Gasteiger partial charge is 0.349 e. The molecule has 4 aromatic heterocycles. The molecule has 0 saturated heterocycles. The minimum Gasteiger partial charge on any atom is -0.349 e. The number of pyridine rings is 3. The monoisotopic (exact) mass is 497 g/mol. The Morgan fingerprint density at radius 2 is 1.86 bits per heavy atom. The zero-order valence-corrected chi connectivity index (χ0v) is 19.8. The number of aryl methyl sites for hydroxylation is 1. The highest BCUT2D eigenvalue weighted by Gasteiger charge is 2.37. The Hall–Kier alpha value is -4.60. The number of rotatable bonds is 5. The number of halogens is 2. The lowest BCUT2D eigenvalue weighted by atomic mass is 9.79. The standard InChI is InChI=1S/C27H21F2N7O/c1-15-5-4-7-21(32-15)26-35-34-25(36(26)23-8-3-2-6-20(23)29)16-11-18(12-16)33-27(37)19-9-10-30-22-13-17(28)14-31-24(19)22/h2-10,13-14,16,18H,11-12H2,1H3,(H,33,37). The molecule has 1 aliphatic rings. The predicted molar refractivity (Wildman–Crippen MR) is 132 cm³/mol. The van der Waals surface area contributed by atoms with Crippen molar-refractivity contribution in [3.8, 4) is 17.2 Å². The predicted octanol–water partition coefficient (Wildman–Crippen LogP) is 4.54. The number of nitrogens with zero attached hydrogens (tertiary/aromatic N) is 6. The molecule has 1 saturated carbocycles. The maximum atomic E-state index is 14.9. The van der Waals surface area contributed by atoms with Crippen molar-refractivity contribution in [1.29, 1.82) is 0 Å². The first-order chi connectivity index (χ1) is 18.0. The van der Waals surface area contributed by atoms with Gasteiger partial charge in [-0.25, -0.2) is 13.8 Å². The molecule has 1 N–H and O–H groups in total. The first-order valence-corrected chi connectivity index (χ1v) is 11.8. The van der Waals surface area contributed by atoms with Crippen molar-refractivity contribution in [2.45, 2.75) is 31.7 Å². The number of nitrogens with one attached hydrogen (secondary N) is 1. The van der Waals surface area contributed by atoms with Crippen molar-refractivity contribution in [2.75, 3.05) is 0 Å². The lowest BCUT2D eigenvalue weighted by Gasteiger charge is -2.35. The Morgan fingerprint density at radius 1 is 1.03 bits per heavy atom. The number of aromatic nitrogens is 6. The summed E-state index contributed by atoms with van der Waals surface area (Å²) < 4.78 is 30.1. The minimum atomic E-state index is -0.515. The molecule has 184 valence electrons. The average molecular weight is 498 g/mol. The average Bonchev–Trinajstić information content (AvgIpc) is 3.29. The summed E-state index contributed by atoms with van der Waals surface area (Å²) in [5, 5.41) is 11.8. The molecule has 1 fully saturated rings. The molecule has 0 radical (unpaired) electrons. The second kappa shape index (κ2) is 9.12. The fraction of sp³-hybridized carbons (Fsp3) is 0.185. The maximum Gasteiger partial charge on any atom is 0.253 e. The van der Waals surface area contributed by atoms with Gasteiger partial charge in [0.1, 0.15) is 28.7 Å². The SMILES string of the molecule is Cc1cccc(-c2nnc(C3CC(NC(=O)c4ccnc5cc(F)cnc45)C3)n2-c2ccccc2F)n1. The summed E-state index contributed by atoms with van der Waals surface area (Å²) >= 11 is 0. The fourth-order valence-electron chi connectivity index (χ4n) is 4.66. The highest BCUT2D eigenvalue weighted by Crippen LogP contribution is 2.39. The first-order valence-electron chi connectivity index (χ1n) is 11.8. The molecule has 8 nitrogen and oxygen atoms in total. The van der Waals surface area contributed by atoms with Gasteiger partial charge < -0.3 is 5.32 Å². The van der Waals surface area contributed by atoms with E-state index in [-0.39, 0.29) is 17.9 Å². The zero-order valence-electron chi connectivity index (χ0n) is 19.8. The second-order valence-electron chi connectivity index (χ2n) is 9.05. The van der Waals surface area contributed by atoms with Gasteiger partial charge in [0, 0.05) is 29.9 Å². The van der Waals surface area contributed by atoms with Crippen LogP contribution in [0.2, 0.25) is 0 Å². The molecule has 4 heterocycles. The summed E-state index contributed by atoms with van der Waals surface area (Å²) in [6, 6.07) is 14.7. The van der Waals surface area contributed by atoms with Crippen LogP contribution in [0, 0.1) is 18.6 Å². The van der Waals surface area contributed by atoms with Crippen LogP contribution in [-0.2, 0) is 0 Å². The highest BCUT2D eigenvalue weighted by atomic mass is 19.1. The first kappa shape index (κ1) is 22.8. The van der Waals surface area contributed by atoms with E-state index >= 15 is 0 Å². The highest BCUT2D eigenvalue weighted by molar-refractivity contribution is 6.04. The van der Waals surface area contributed by atoms with Crippen LogP contribution < -0.4 is 5.32 Å². The molecular weight excluding hydrogens is 476 g/mol. The second-order valence-corrected chi connectivity index (χ2v) is 9.05. The van der Waals surface area contributed by atoms with Crippen LogP contribution in [0.4, 0.5) is 8.78 Å². The van der Waals surface area contributed by atoms with Crippen molar-refractivity contribution in [1.82, 2.24) is 35.0 Å². The van der Waals surface area contributed by atoms with Crippen molar-refractivity contribution in [2.24, 2.45) is 0 Å². The summed E-state index contributed by atoms with van der Waals surface area (Å²) in [7, 11) is 0. The zero-order chi connectivity index (χ0) is 25.5. The van der Waals surface area contributed by atoms with E-state index in [1.807, 2.05) is 25.1 Å². The number of fused-ring (bicyclic) bond motifs is 1. The van der Waals surface area contributed by atoms with E-state index in [0.717, 1.165) is 11.9 Å². The van der Waals surface area contributed by atoms with E-state index in [9.17, 15) is 13.6 Å². The Labute approximate surface area is 210 Å². The van der Waals surface area contributed by atoms with Crippen molar-refractivity contribution < 1.29 is 13.6 Å². The van der Waals surface area contributed by atoms with Crippen molar-refractivity contribution in [3.05, 3.63) is 95.7 Å². The molecule has 0 aliphatic heterocycles. The van der Waals surface area contributed by atoms with E-state index in [4.69, 9.17) is 0 Å². The van der Waals surface area contributed by atoms with E-state index in [0.29, 0.717) is 52.5 Å². The Morgan fingerprint density at radius 3 is 2.68 bits per heavy atom. The number of benzene rings is 1. The van der Waals surface area contributed by atoms with E-state index in [2.05, 4.69) is 30.5 Å². The van der Waals surface area contributed by atoms with Crippen LogP contribution in [-0.4, -0.2) is 41.7 Å². The van der Waals surface area contributed by atoms with Gasteiger partial charge in [0.05, 0.1) is 23.0 Å². The van der Waals surface area contributed by atoms with Crippen LogP contribution in [0.15, 0.2) is 67.0 Å². The number of hydrogen-bond donors (Lipinski definition) is 1. The topological polar surface area (TPSA) is 98.5 Å². The van der Waals surface area contributed by atoms with Crippen LogP contribution in [0.3, 0.4) is 0 Å². The molecular formula is C27H21F2N7O. The molecule has 0 unspecified atom stereocenters. The molecule has 5 aromatic rings. The normalized spacial score (nSPS) is 16.9. The summed E-state index contributed by atoms with van der Waals surface area (Å²) in [6.07, 6.45) is 3.73. The maximum absolute atomic E-state index is 14.9. The third kappa shape index (κ3) is 4.20. The molecule has 37 heavy (non-hydrogen) atoms. The van der Waals surface area contributed by atoms with Crippen LogP contribution >= 0.6 is 0 Å². The van der Waals surface area contributed by atoms with Gasteiger partial charge in [0.25, 0.3) is 5.91 Å². The number of para-hydroxylation sites is 1. The van der Waals surface area contributed by atoms with Gasteiger partial charge in [0.15, 0.2) is 5.82 Å². The molecule has 0 bridgehead atoms. The third-order valence-electron chi connectivity index (χ3n) is 6.53. The molecule has 1 aliphatic carbocycles. The number of amides is 1. The molecule has 1 aromatic carbocycles. The van der Waals surface area contributed by atoms with E-state index in [1.165, 1.54) is 18.3 Å². The van der Waals surface area contributed by atoms with Gasteiger partial charge in [-0.2, -0.15) is 0 Å². The van der Waals surface area contributed by atoms with Gasteiger partial charge >= 0.3 is 0 Å². The summed E-state index contributed by atoms with van der Waals surface area (Å²) in [4.78, 5) is 25.7. The lowest BCUT2D eigenvalue weighted by Crippen LogP contribution is -2.44. The van der Waals surface area contributed by atoms with Crippen LogP contribution in [0.5, 0.6) is 0 Å². The van der Waals surface area contributed by atoms with Gasteiger partial charge in [-0.05, 0) is 50.1 Å². The van der Waals surface area contributed by atoms with Gasteiger partial charge in [-0.1, -0.05) is 18.2 Å². The molecule has 1 amide bonds. The van der Waals surface area contributed by atoms with Crippen molar-refractivity contribution in [3.63, 3.8) is 0 Å². The molecule has 10 heteroatoms. The molecule has 0 atom stereocenters. The van der Waals surface area contributed by atoms with E-state index < -0.39 is 11.6 Å². The number of carbonyl (C=O) groups is 1.